The minimum Gasteiger partial charge on any atom is -0.340 e. The van der Waals surface area contributed by atoms with Crippen LogP contribution in [0.5, 0.6) is 0 Å². The van der Waals surface area contributed by atoms with Gasteiger partial charge in [-0.1, -0.05) is 6.92 Å². The van der Waals surface area contributed by atoms with Crippen molar-refractivity contribution in [3.05, 3.63) is 46.2 Å². The molecule has 1 aliphatic rings. The molecule has 0 radical (unpaired) electrons. The van der Waals surface area contributed by atoms with Gasteiger partial charge in [0.25, 0.3) is 5.56 Å². The number of hydrogen-bond donors (Lipinski definition) is 1. The van der Waals surface area contributed by atoms with Crippen molar-refractivity contribution in [2.45, 2.75) is 45.6 Å². The Balaban J connectivity index is 1.71. The lowest BCUT2D eigenvalue weighted by Gasteiger charge is -2.32. The van der Waals surface area contributed by atoms with Gasteiger partial charge in [-0.25, -0.2) is 9.97 Å². The summed E-state index contributed by atoms with van der Waals surface area (Å²) < 4.78 is 1.90. The molecule has 0 spiro atoms. The molecule has 2 aromatic heterocycles. The number of piperidine rings is 1. The first-order valence-corrected chi connectivity index (χ1v) is 8.42. The van der Waals surface area contributed by atoms with Crippen LogP contribution in [0.2, 0.25) is 0 Å². The predicted octanol–water partition coefficient (Wildman–Crippen LogP) is 1.24. The molecular weight excluding hydrogens is 306 g/mol. The Kier molecular flexibility index (Phi) is 4.78. The van der Waals surface area contributed by atoms with Gasteiger partial charge in [-0.2, -0.15) is 0 Å². The van der Waals surface area contributed by atoms with E-state index in [4.69, 9.17) is 0 Å². The Morgan fingerprint density at radius 3 is 3.04 bits per heavy atom. The van der Waals surface area contributed by atoms with Crippen LogP contribution in [0, 0.1) is 6.92 Å². The van der Waals surface area contributed by atoms with Gasteiger partial charge in [-0.3, -0.25) is 9.59 Å². The van der Waals surface area contributed by atoms with E-state index in [1.165, 1.54) is 0 Å². The average Bonchev–Trinajstić information content (AvgIpc) is 3.01. The second-order valence-corrected chi connectivity index (χ2v) is 6.26. The predicted molar refractivity (Wildman–Crippen MR) is 89.8 cm³/mol. The van der Waals surface area contributed by atoms with Crippen molar-refractivity contribution in [2.24, 2.45) is 0 Å². The number of aromatic amines is 1. The molecule has 0 saturated carbocycles. The molecule has 2 aromatic rings. The van der Waals surface area contributed by atoms with E-state index in [2.05, 4.69) is 15.0 Å². The Bertz CT molecular complexity index is 779. The molecule has 0 aliphatic carbocycles. The summed E-state index contributed by atoms with van der Waals surface area (Å²) in [6.45, 7) is 5.50. The van der Waals surface area contributed by atoms with Crippen molar-refractivity contribution in [3.8, 4) is 0 Å². The molecule has 3 heterocycles. The number of carbonyl (C=O) groups is 1. The van der Waals surface area contributed by atoms with Crippen molar-refractivity contribution in [1.29, 1.82) is 0 Å². The monoisotopic (exact) mass is 329 g/mol. The summed E-state index contributed by atoms with van der Waals surface area (Å²) in [6.07, 6.45) is 6.26. The summed E-state index contributed by atoms with van der Waals surface area (Å²) in [7, 11) is 0. The van der Waals surface area contributed by atoms with E-state index in [0.717, 1.165) is 37.3 Å². The molecule has 1 aliphatic heterocycles. The minimum atomic E-state index is -0.132. The molecule has 0 aromatic carbocycles. The zero-order valence-corrected chi connectivity index (χ0v) is 14.2. The van der Waals surface area contributed by atoms with Gasteiger partial charge in [0.15, 0.2) is 0 Å². The third-order valence-corrected chi connectivity index (χ3v) is 4.50. The van der Waals surface area contributed by atoms with Crippen LogP contribution in [0.25, 0.3) is 0 Å². The first-order chi connectivity index (χ1) is 11.6. The fourth-order valence-electron chi connectivity index (χ4n) is 3.30. The third-order valence-electron chi connectivity index (χ3n) is 4.50. The summed E-state index contributed by atoms with van der Waals surface area (Å²) in [4.78, 5) is 37.6. The van der Waals surface area contributed by atoms with E-state index >= 15 is 0 Å². The number of hydrogen-bond acceptors (Lipinski definition) is 4. The molecule has 3 rings (SSSR count). The summed E-state index contributed by atoms with van der Waals surface area (Å²) in [5.74, 6) is 1.75. The van der Waals surface area contributed by atoms with Crippen molar-refractivity contribution >= 4 is 5.91 Å². The van der Waals surface area contributed by atoms with Crippen LogP contribution in [-0.2, 0) is 17.8 Å². The Morgan fingerprint density at radius 1 is 1.46 bits per heavy atom. The zero-order valence-electron chi connectivity index (χ0n) is 14.2. The lowest BCUT2D eigenvalue weighted by Crippen LogP contribution is -2.41. The van der Waals surface area contributed by atoms with Gasteiger partial charge in [0.2, 0.25) is 5.91 Å². The van der Waals surface area contributed by atoms with Gasteiger partial charge in [0, 0.05) is 43.9 Å². The molecular formula is C17H23N5O2. The van der Waals surface area contributed by atoms with Crippen LogP contribution in [0.3, 0.4) is 0 Å². The van der Waals surface area contributed by atoms with Gasteiger partial charge in [0.1, 0.15) is 18.2 Å². The van der Waals surface area contributed by atoms with Crippen molar-refractivity contribution < 1.29 is 4.79 Å². The van der Waals surface area contributed by atoms with Gasteiger partial charge in [-0.15, -0.1) is 0 Å². The molecule has 7 nitrogen and oxygen atoms in total. The fourth-order valence-corrected chi connectivity index (χ4v) is 3.30. The number of nitrogens with one attached hydrogen (secondary N) is 1. The van der Waals surface area contributed by atoms with E-state index in [0.29, 0.717) is 18.9 Å². The molecule has 1 saturated heterocycles. The average molecular weight is 329 g/mol. The highest BCUT2D eigenvalue weighted by Crippen LogP contribution is 2.25. The number of aromatic nitrogens is 4. The quantitative estimate of drug-likeness (QED) is 0.915. The van der Waals surface area contributed by atoms with Gasteiger partial charge in [0.05, 0.1) is 5.69 Å². The Morgan fingerprint density at radius 2 is 2.29 bits per heavy atom. The number of amides is 1. The summed E-state index contributed by atoms with van der Waals surface area (Å²) in [5.41, 5.74) is 0.651. The van der Waals surface area contributed by atoms with E-state index in [1.54, 1.807) is 19.2 Å². The highest BCUT2D eigenvalue weighted by atomic mass is 16.2. The minimum absolute atomic E-state index is 0.0916. The number of H-pyrrole nitrogens is 1. The molecule has 0 unspecified atom stereocenters. The van der Waals surface area contributed by atoms with E-state index in [9.17, 15) is 9.59 Å². The van der Waals surface area contributed by atoms with Crippen LogP contribution in [0.1, 0.15) is 43.0 Å². The topological polar surface area (TPSA) is 83.9 Å². The molecule has 1 atom stereocenters. The number of rotatable bonds is 4. The second kappa shape index (κ2) is 6.98. The lowest BCUT2D eigenvalue weighted by molar-refractivity contribution is -0.133. The maximum absolute atomic E-state index is 12.6. The fraction of sp³-hybridized carbons (Fsp3) is 0.529. The maximum atomic E-state index is 12.6. The first kappa shape index (κ1) is 16.4. The Labute approximate surface area is 140 Å². The number of aryl methyl sites for hydroxylation is 2. The van der Waals surface area contributed by atoms with Crippen LogP contribution in [0.4, 0.5) is 0 Å². The van der Waals surface area contributed by atoms with Crippen LogP contribution in [-0.4, -0.2) is 43.4 Å². The maximum Gasteiger partial charge on any atom is 0.251 e. The SMILES string of the molecule is CCc1nccn1CC(=O)N1CCC[C@H](c2cc(=O)[nH]c(C)n2)C1. The van der Waals surface area contributed by atoms with Gasteiger partial charge >= 0.3 is 0 Å². The van der Waals surface area contributed by atoms with Gasteiger partial charge in [-0.05, 0) is 19.8 Å². The van der Waals surface area contributed by atoms with Crippen molar-refractivity contribution in [1.82, 2.24) is 24.4 Å². The molecule has 7 heteroatoms. The number of imidazole rings is 1. The van der Waals surface area contributed by atoms with Crippen LogP contribution >= 0.6 is 0 Å². The van der Waals surface area contributed by atoms with Crippen LogP contribution in [0.15, 0.2) is 23.3 Å². The first-order valence-electron chi connectivity index (χ1n) is 8.42. The molecule has 0 bridgehead atoms. The summed E-state index contributed by atoms with van der Waals surface area (Å²) in [6, 6.07) is 1.55. The highest BCUT2D eigenvalue weighted by Gasteiger charge is 2.26. The standard InChI is InChI=1S/C17H23N5O2/c1-3-15-18-6-8-21(15)11-17(24)22-7-4-5-13(10-22)14-9-16(23)20-12(2)19-14/h6,8-9,13H,3-5,7,10-11H2,1-2H3,(H,19,20,23)/t13-/m0/s1. The van der Waals surface area contributed by atoms with E-state index in [1.807, 2.05) is 22.6 Å². The van der Waals surface area contributed by atoms with Crippen molar-refractivity contribution in [2.75, 3.05) is 13.1 Å². The van der Waals surface area contributed by atoms with Crippen LogP contribution < -0.4 is 5.56 Å². The van der Waals surface area contributed by atoms with E-state index in [-0.39, 0.29) is 17.4 Å². The van der Waals surface area contributed by atoms with E-state index < -0.39 is 0 Å². The summed E-state index contributed by atoms with van der Waals surface area (Å²) in [5, 5.41) is 0. The largest absolute Gasteiger partial charge is 0.340 e. The van der Waals surface area contributed by atoms with Gasteiger partial charge < -0.3 is 14.5 Å². The molecule has 1 fully saturated rings. The lowest BCUT2D eigenvalue weighted by atomic mass is 9.94. The number of nitrogens with zero attached hydrogens (tertiary/aromatic N) is 4. The van der Waals surface area contributed by atoms with Crippen molar-refractivity contribution in [3.63, 3.8) is 0 Å². The number of carbonyl (C=O) groups excluding carboxylic acids is 1. The molecule has 1 N–H and O–H groups in total. The second-order valence-electron chi connectivity index (χ2n) is 6.26. The molecule has 1 amide bonds. The summed E-state index contributed by atoms with van der Waals surface area (Å²) >= 11 is 0. The Hall–Kier alpha value is -2.44. The smallest absolute Gasteiger partial charge is 0.251 e. The zero-order chi connectivity index (χ0) is 17.1. The third kappa shape index (κ3) is 3.55. The normalized spacial score (nSPS) is 17.9. The molecule has 24 heavy (non-hydrogen) atoms. The molecule has 128 valence electrons. The highest BCUT2D eigenvalue weighted by molar-refractivity contribution is 5.76. The number of likely N-dealkylation sites (tertiary alicyclic amines) is 1.